The molecule has 0 unspecified atom stereocenters. The number of nitrogens with zero attached hydrogens (tertiary/aromatic N) is 7. The quantitative estimate of drug-likeness (QED) is 0.402. The Bertz CT molecular complexity index is 1530. The van der Waals surface area contributed by atoms with Crippen LogP contribution in [-0.2, 0) is 6.54 Å². The van der Waals surface area contributed by atoms with Crippen molar-refractivity contribution in [1.82, 2.24) is 24.5 Å². The van der Waals surface area contributed by atoms with Crippen LogP contribution in [-0.4, -0.2) is 44.6 Å². The number of benzene rings is 2. The maximum absolute atomic E-state index is 15.3. The molecule has 0 bridgehead atoms. The van der Waals surface area contributed by atoms with E-state index in [2.05, 4.69) is 37.9 Å². The summed E-state index contributed by atoms with van der Waals surface area (Å²) in [7, 11) is 2.05. The van der Waals surface area contributed by atoms with Gasteiger partial charge in [0, 0.05) is 36.4 Å². The summed E-state index contributed by atoms with van der Waals surface area (Å²) in [5.41, 5.74) is 2.71. The molecule has 0 saturated heterocycles. The molecule has 1 aliphatic rings. The molecule has 170 valence electrons. The Balaban J connectivity index is 1.77. The molecule has 5 rings (SSSR count). The summed E-state index contributed by atoms with van der Waals surface area (Å²) < 4.78 is 17.1. The highest BCUT2D eigenvalue weighted by molar-refractivity contribution is 5.94. The van der Waals surface area contributed by atoms with Crippen LogP contribution in [0.2, 0.25) is 0 Å². The summed E-state index contributed by atoms with van der Waals surface area (Å²) in [6.07, 6.45) is 0. The van der Waals surface area contributed by atoms with E-state index in [1.807, 2.05) is 38.2 Å². The van der Waals surface area contributed by atoms with Gasteiger partial charge < -0.3 is 9.80 Å². The van der Waals surface area contributed by atoms with Crippen molar-refractivity contribution in [3.05, 3.63) is 59.2 Å². The zero-order valence-electron chi connectivity index (χ0n) is 19.6. The number of aromatic nitrogens is 4. The van der Waals surface area contributed by atoms with Gasteiger partial charge in [0.15, 0.2) is 0 Å². The number of halogens is 1. The van der Waals surface area contributed by atoms with Gasteiger partial charge >= 0.3 is 0 Å². The Kier molecular flexibility index (Phi) is 5.19. The average Bonchev–Trinajstić information content (AvgIpc) is 3.10. The van der Waals surface area contributed by atoms with Crippen LogP contribution in [0, 0.1) is 41.3 Å². The fraction of sp³-hybridized carbons (Fsp3) is 0.308. The Labute approximate surface area is 197 Å². The average molecular weight is 454 g/mol. The lowest BCUT2D eigenvalue weighted by Crippen LogP contribution is -2.27. The second-order valence-corrected chi connectivity index (χ2v) is 9.13. The number of hydrogen-bond acceptors (Lipinski definition) is 6. The molecule has 0 atom stereocenters. The maximum Gasteiger partial charge on any atom is 0.257 e. The van der Waals surface area contributed by atoms with Crippen LogP contribution in [0.15, 0.2) is 36.4 Å². The monoisotopic (exact) mass is 453 g/mol. The third-order valence-corrected chi connectivity index (χ3v) is 6.09. The summed E-state index contributed by atoms with van der Waals surface area (Å²) in [6, 6.07) is 13.2. The Morgan fingerprint density at radius 1 is 1.09 bits per heavy atom. The van der Waals surface area contributed by atoms with Gasteiger partial charge in [-0.2, -0.15) is 10.2 Å². The van der Waals surface area contributed by atoms with Crippen LogP contribution in [0.5, 0.6) is 0 Å². The number of rotatable bonds is 1. The van der Waals surface area contributed by atoms with E-state index in [9.17, 15) is 5.26 Å². The molecule has 4 aromatic rings. The zero-order valence-corrected chi connectivity index (χ0v) is 19.6. The molecule has 0 N–H and O–H groups in total. The molecule has 0 amide bonds. The standard InChI is InChI=1S/C26H24FN7/c1-17-30-31-25-29-24(23-20(27)8-6-10-22(23)34(17)25)33-14-13-32(4)15-19-18(7-5-9-21(19)33)11-12-26(2,3)16-28/h5-10H,13-15H2,1-4H3. The molecule has 7 nitrogen and oxygen atoms in total. The van der Waals surface area contributed by atoms with Gasteiger partial charge in [0.05, 0.1) is 17.0 Å². The summed E-state index contributed by atoms with van der Waals surface area (Å²) in [5, 5.41) is 18.2. The first-order chi connectivity index (χ1) is 16.3. The molecule has 34 heavy (non-hydrogen) atoms. The van der Waals surface area contributed by atoms with Crippen LogP contribution >= 0.6 is 0 Å². The van der Waals surface area contributed by atoms with Crippen LogP contribution in [0.4, 0.5) is 15.9 Å². The van der Waals surface area contributed by atoms with E-state index in [1.54, 1.807) is 24.3 Å². The fourth-order valence-electron chi connectivity index (χ4n) is 4.29. The molecule has 2 aromatic carbocycles. The van der Waals surface area contributed by atoms with Crippen molar-refractivity contribution >= 4 is 28.2 Å². The van der Waals surface area contributed by atoms with Gasteiger partial charge in [-0.25, -0.2) is 4.39 Å². The molecule has 0 saturated carbocycles. The zero-order chi connectivity index (χ0) is 24.0. The van der Waals surface area contributed by atoms with Crippen LogP contribution < -0.4 is 4.90 Å². The Morgan fingerprint density at radius 3 is 2.68 bits per heavy atom. The van der Waals surface area contributed by atoms with E-state index in [1.165, 1.54) is 6.07 Å². The van der Waals surface area contributed by atoms with Crippen molar-refractivity contribution in [1.29, 1.82) is 5.26 Å². The highest BCUT2D eigenvalue weighted by atomic mass is 19.1. The van der Waals surface area contributed by atoms with Crippen molar-refractivity contribution in [3.63, 3.8) is 0 Å². The van der Waals surface area contributed by atoms with Crippen molar-refractivity contribution < 1.29 is 4.39 Å². The second-order valence-electron chi connectivity index (χ2n) is 9.13. The third kappa shape index (κ3) is 3.63. The third-order valence-electron chi connectivity index (χ3n) is 6.09. The predicted molar refractivity (Wildman–Crippen MR) is 129 cm³/mol. The molecule has 1 aliphatic heterocycles. The number of anilines is 2. The topological polar surface area (TPSA) is 73.3 Å². The molecule has 0 fully saturated rings. The Hall–Kier alpha value is -4.01. The van der Waals surface area contributed by atoms with Crippen molar-refractivity contribution in [2.75, 3.05) is 25.0 Å². The maximum atomic E-state index is 15.3. The van der Waals surface area contributed by atoms with Gasteiger partial charge in [0.25, 0.3) is 5.78 Å². The minimum absolute atomic E-state index is 0.346. The molecule has 0 spiro atoms. The van der Waals surface area contributed by atoms with E-state index in [4.69, 9.17) is 4.98 Å². The van der Waals surface area contributed by atoms with E-state index >= 15 is 4.39 Å². The lowest BCUT2D eigenvalue weighted by atomic mass is 9.95. The summed E-state index contributed by atoms with van der Waals surface area (Å²) >= 11 is 0. The molecule has 8 heteroatoms. The number of likely N-dealkylation sites (N-methyl/N-ethyl adjacent to an activating group) is 1. The highest BCUT2D eigenvalue weighted by Crippen LogP contribution is 2.37. The smallest absolute Gasteiger partial charge is 0.257 e. The summed E-state index contributed by atoms with van der Waals surface area (Å²) in [6.45, 7) is 7.47. The molecular weight excluding hydrogens is 429 g/mol. The lowest BCUT2D eigenvalue weighted by Gasteiger charge is -2.26. The minimum Gasteiger partial charge on any atom is -0.324 e. The molecule has 0 aliphatic carbocycles. The van der Waals surface area contributed by atoms with E-state index in [-0.39, 0.29) is 5.82 Å². The number of hydrogen-bond donors (Lipinski definition) is 0. The Morgan fingerprint density at radius 2 is 1.88 bits per heavy atom. The summed E-state index contributed by atoms with van der Waals surface area (Å²) in [4.78, 5) is 9.04. The summed E-state index contributed by atoms with van der Waals surface area (Å²) in [5.74, 6) is 7.54. The SMILES string of the molecule is Cc1nnc2nc(N3CCN(C)Cc4c(C#CC(C)(C)C#N)cccc43)c3c(F)cccc3n12. The van der Waals surface area contributed by atoms with Crippen molar-refractivity contribution in [2.24, 2.45) is 5.41 Å². The first kappa shape index (κ1) is 21.8. The van der Waals surface area contributed by atoms with Gasteiger partial charge in [0.1, 0.15) is 22.9 Å². The van der Waals surface area contributed by atoms with Gasteiger partial charge in [-0.15, -0.1) is 10.2 Å². The van der Waals surface area contributed by atoms with E-state index in [0.29, 0.717) is 41.4 Å². The second kappa shape index (κ2) is 8.09. The molecular formula is C26H24FN7. The molecule has 2 aromatic heterocycles. The van der Waals surface area contributed by atoms with Gasteiger partial charge in [0.2, 0.25) is 0 Å². The number of nitriles is 1. The van der Waals surface area contributed by atoms with Gasteiger partial charge in [-0.1, -0.05) is 24.0 Å². The van der Waals surface area contributed by atoms with Crippen LogP contribution in [0.3, 0.4) is 0 Å². The van der Waals surface area contributed by atoms with Crippen molar-refractivity contribution in [3.8, 4) is 17.9 Å². The molecule has 0 radical (unpaired) electrons. The van der Waals surface area contributed by atoms with Crippen LogP contribution in [0.1, 0.15) is 30.8 Å². The highest BCUT2D eigenvalue weighted by Gasteiger charge is 2.26. The normalized spacial score (nSPS) is 14.4. The van der Waals surface area contributed by atoms with Gasteiger partial charge in [-0.05, 0) is 52.1 Å². The van der Waals surface area contributed by atoms with E-state index in [0.717, 1.165) is 23.4 Å². The van der Waals surface area contributed by atoms with Gasteiger partial charge in [-0.3, -0.25) is 4.40 Å². The number of aryl methyl sites for hydroxylation is 1. The largest absolute Gasteiger partial charge is 0.324 e. The fourth-order valence-corrected chi connectivity index (χ4v) is 4.29. The predicted octanol–water partition coefficient (Wildman–Crippen LogP) is 4.21. The van der Waals surface area contributed by atoms with E-state index < -0.39 is 5.41 Å². The first-order valence-electron chi connectivity index (χ1n) is 11.1. The number of fused-ring (bicyclic) bond motifs is 4. The molecule has 3 heterocycles. The van der Waals surface area contributed by atoms with Crippen molar-refractivity contribution in [2.45, 2.75) is 27.3 Å². The lowest BCUT2D eigenvalue weighted by molar-refractivity contribution is 0.343. The van der Waals surface area contributed by atoms with Crippen LogP contribution in [0.25, 0.3) is 16.7 Å². The first-order valence-corrected chi connectivity index (χ1v) is 11.1. The minimum atomic E-state index is -0.753.